The van der Waals surface area contributed by atoms with Gasteiger partial charge >= 0.3 is 0 Å². The molecule has 0 aromatic heterocycles. The zero-order valence-electron chi connectivity index (χ0n) is 19.7. The summed E-state index contributed by atoms with van der Waals surface area (Å²) in [5.74, 6) is 0.583. The molecule has 1 aliphatic rings. The number of nitrogens with one attached hydrogen (secondary N) is 1. The molecule has 34 heavy (non-hydrogen) atoms. The van der Waals surface area contributed by atoms with Crippen molar-refractivity contribution in [3.05, 3.63) is 58.6 Å². The maximum Gasteiger partial charge on any atom is 0.259 e. The molecule has 0 radical (unpaired) electrons. The molecular formula is C25H30ClN3O5. The van der Waals surface area contributed by atoms with Crippen molar-refractivity contribution in [2.75, 3.05) is 40.9 Å². The van der Waals surface area contributed by atoms with Crippen molar-refractivity contribution in [1.82, 2.24) is 15.1 Å². The van der Waals surface area contributed by atoms with Crippen molar-refractivity contribution < 1.29 is 23.9 Å². The van der Waals surface area contributed by atoms with Gasteiger partial charge in [0.25, 0.3) is 11.8 Å². The number of methoxy groups -OCH3 is 1. The van der Waals surface area contributed by atoms with E-state index in [1.807, 2.05) is 6.07 Å². The number of hydrogen-bond acceptors (Lipinski definition) is 5. The van der Waals surface area contributed by atoms with Gasteiger partial charge in [0.1, 0.15) is 0 Å². The van der Waals surface area contributed by atoms with Crippen LogP contribution < -0.4 is 14.8 Å². The second-order valence-electron chi connectivity index (χ2n) is 8.35. The number of rotatable bonds is 8. The number of nitrogens with zero attached hydrogens (tertiary/aromatic N) is 2. The van der Waals surface area contributed by atoms with Gasteiger partial charge in [-0.25, -0.2) is 0 Å². The van der Waals surface area contributed by atoms with Crippen molar-refractivity contribution in [3.63, 3.8) is 0 Å². The van der Waals surface area contributed by atoms with E-state index < -0.39 is 0 Å². The molecule has 2 aromatic rings. The molecule has 1 heterocycles. The van der Waals surface area contributed by atoms with Crippen LogP contribution in [0.15, 0.2) is 42.5 Å². The molecule has 182 valence electrons. The molecule has 3 rings (SSSR count). The Balaban J connectivity index is 1.48. The number of amides is 3. The van der Waals surface area contributed by atoms with E-state index in [1.165, 1.54) is 12.0 Å². The number of likely N-dealkylation sites (tertiary alicyclic amines) is 1. The lowest BCUT2D eigenvalue weighted by Crippen LogP contribution is -2.42. The van der Waals surface area contributed by atoms with Gasteiger partial charge in [0.15, 0.2) is 18.1 Å². The fourth-order valence-electron chi connectivity index (χ4n) is 3.66. The minimum absolute atomic E-state index is 0.0329. The van der Waals surface area contributed by atoms with E-state index in [2.05, 4.69) is 5.32 Å². The number of hydrogen-bond donors (Lipinski definition) is 1. The summed E-state index contributed by atoms with van der Waals surface area (Å²) in [5.41, 5.74) is 1.45. The van der Waals surface area contributed by atoms with Gasteiger partial charge in [-0.15, -0.1) is 0 Å². The zero-order chi connectivity index (χ0) is 24.7. The van der Waals surface area contributed by atoms with Gasteiger partial charge < -0.3 is 24.6 Å². The lowest BCUT2D eigenvalue weighted by Gasteiger charge is -2.31. The van der Waals surface area contributed by atoms with Gasteiger partial charge in [0.2, 0.25) is 5.91 Å². The Bertz CT molecular complexity index is 1020. The number of carbonyl (C=O) groups excluding carboxylic acids is 3. The van der Waals surface area contributed by atoms with Crippen LogP contribution in [0.4, 0.5) is 0 Å². The van der Waals surface area contributed by atoms with Crippen LogP contribution in [0, 0.1) is 5.92 Å². The smallest absolute Gasteiger partial charge is 0.259 e. The fourth-order valence-corrected chi connectivity index (χ4v) is 3.79. The predicted molar refractivity (Wildman–Crippen MR) is 129 cm³/mol. The molecule has 0 saturated carbocycles. The van der Waals surface area contributed by atoms with Crippen molar-refractivity contribution >= 4 is 29.3 Å². The molecule has 8 nitrogen and oxygen atoms in total. The molecule has 0 spiro atoms. The highest BCUT2D eigenvalue weighted by Gasteiger charge is 2.27. The summed E-state index contributed by atoms with van der Waals surface area (Å²) in [6, 6.07) is 12.2. The number of likely N-dealkylation sites (N-methyl/N-ethyl adjacent to an activating group) is 1. The fraction of sp³-hybridized carbons (Fsp3) is 0.400. The Kier molecular flexibility index (Phi) is 8.76. The summed E-state index contributed by atoms with van der Waals surface area (Å²) in [7, 11) is 4.85. The van der Waals surface area contributed by atoms with E-state index in [1.54, 1.807) is 55.4 Å². The first kappa shape index (κ1) is 25.4. The van der Waals surface area contributed by atoms with Crippen LogP contribution >= 0.6 is 11.6 Å². The van der Waals surface area contributed by atoms with Gasteiger partial charge in [-0.3, -0.25) is 14.4 Å². The Morgan fingerprint density at radius 1 is 1.06 bits per heavy atom. The molecule has 0 bridgehead atoms. The van der Waals surface area contributed by atoms with Gasteiger partial charge in [0, 0.05) is 50.2 Å². The van der Waals surface area contributed by atoms with Crippen molar-refractivity contribution in [2.45, 2.75) is 19.4 Å². The molecular weight excluding hydrogens is 458 g/mol. The third-order valence-corrected chi connectivity index (χ3v) is 6.04. The molecule has 1 fully saturated rings. The molecule has 0 atom stereocenters. The Hall–Kier alpha value is -3.26. The second-order valence-corrected chi connectivity index (χ2v) is 8.79. The van der Waals surface area contributed by atoms with Crippen molar-refractivity contribution in [1.29, 1.82) is 0 Å². The maximum absolute atomic E-state index is 12.7. The molecule has 9 heteroatoms. The number of benzene rings is 2. The van der Waals surface area contributed by atoms with Crippen LogP contribution in [0.3, 0.4) is 0 Å². The summed E-state index contributed by atoms with van der Waals surface area (Å²) < 4.78 is 10.9. The van der Waals surface area contributed by atoms with Crippen LogP contribution in [0.5, 0.6) is 11.5 Å². The lowest BCUT2D eigenvalue weighted by molar-refractivity contribution is -0.130. The highest BCUT2D eigenvalue weighted by atomic mass is 35.5. The summed E-state index contributed by atoms with van der Waals surface area (Å²) in [5, 5.41) is 3.56. The SMILES string of the molecule is COc1cc(CNC(=O)C2CCN(C(=O)c3ccc(Cl)cc3)CC2)ccc1OCC(=O)N(C)C. The molecule has 3 amide bonds. The summed E-state index contributed by atoms with van der Waals surface area (Å²) in [6.45, 7) is 1.32. The Morgan fingerprint density at radius 2 is 1.74 bits per heavy atom. The predicted octanol–water partition coefficient (Wildman–Crippen LogP) is 2.98. The van der Waals surface area contributed by atoms with Crippen LogP contribution in [0.2, 0.25) is 5.02 Å². The van der Waals surface area contributed by atoms with Crippen LogP contribution in [-0.4, -0.2) is 68.4 Å². The average Bonchev–Trinajstić information content (AvgIpc) is 2.86. The van der Waals surface area contributed by atoms with Crippen molar-refractivity contribution in [3.8, 4) is 11.5 Å². The van der Waals surface area contributed by atoms with E-state index in [0.717, 1.165) is 5.56 Å². The number of ether oxygens (including phenoxy) is 2. The molecule has 2 aromatic carbocycles. The maximum atomic E-state index is 12.7. The van der Waals surface area contributed by atoms with E-state index in [-0.39, 0.29) is 30.2 Å². The van der Waals surface area contributed by atoms with Crippen LogP contribution in [-0.2, 0) is 16.1 Å². The van der Waals surface area contributed by atoms with Crippen molar-refractivity contribution in [2.24, 2.45) is 5.92 Å². The molecule has 1 saturated heterocycles. The third-order valence-electron chi connectivity index (χ3n) is 5.79. The minimum Gasteiger partial charge on any atom is -0.493 e. The van der Waals surface area contributed by atoms with E-state index in [9.17, 15) is 14.4 Å². The molecule has 1 aliphatic heterocycles. The first-order valence-electron chi connectivity index (χ1n) is 11.1. The Morgan fingerprint density at radius 3 is 2.35 bits per heavy atom. The number of halogens is 1. The Labute approximate surface area is 204 Å². The van der Waals surface area contributed by atoms with E-state index in [4.69, 9.17) is 21.1 Å². The summed E-state index contributed by atoms with van der Waals surface area (Å²) >= 11 is 5.89. The standard InChI is InChI=1S/C25H30ClN3O5/c1-28(2)23(30)16-34-21-9-4-17(14-22(21)33-3)15-27-24(31)18-10-12-29(13-11-18)25(32)19-5-7-20(26)8-6-19/h4-9,14,18H,10-13,15-16H2,1-3H3,(H,27,31). The minimum atomic E-state index is -0.153. The lowest BCUT2D eigenvalue weighted by atomic mass is 9.95. The third kappa shape index (κ3) is 6.63. The molecule has 1 N–H and O–H groups in total. The van der Waals surface area contributed by atoms with E-state index >= 15 is 0 Å². The first-order valence-corrected chi connectivity index (χ1v) is 11.5. The highest BCUT2D eigenvalue weighted by Crippen LogP contribution is 2.28. The molecule has 0 unspecified atom stereocenters. The summed E-state index contributed by atoms with van der Waals surface area (Å²) in [4.78, 5) is 40.3. The van der Waals surface area contributed by atoms with E-state index in [0.29, 0.717) is 54.6 Å². The number of piperidine rings is 1. The van der Waals surface area contributed by atoms with Crippen LogP contribution in [0.25, 0.3) is 0 Å². The second kappa shape index (κ2) is 11.7. The largest absolute Gasteiger partial charge is 0.493 e. The monoisotopic (exact) mass is 487 g/mol. The highest BCUT2D eigenvalue weighted by molar-refractivity contribution is 6.30. The van der Waals surface area contributed by atoms with Gasteiger partial charge in [-0.05, 0) is 54.8 Å². The number of carbonyl (C=O) groups is 3. The average molecular weight is 488 g/mol. The quantitative estimate of drug-likeness (QED) is 0.618. The van der Waals surface area contributed by atoms with Gasteiger partial charge in [-0.2, -0.15) is 0 Å². The van der Waals surface area contributed by atoms with Gasteiger partial charge in [-0.1, -0.05) is 17.7 Å². The normalized spacial score (nSPS) is 13.8. The first-order chi connectivity index (χ1) is 16.3. The molecule has 0 aliphatic carbocycles. The zero-order valence-corrected chi connectivity index (χ0v) is 20.4. The van der Waals surface area contributed by atoms with Gasteiger partial charge in [0.05, 0.1) is 7.11 Å². The summed E-state index contributed by atoms with van der Waals surface area (Å²) in [6.07, 6.45) is 1.22. The van der Waals surface area contributed by atoms with Crippen LogP contribution in [0.1, 0.15) is 28.8 Å². The topological polar surface area (TPSA) is 88.2 Å².